The summed E-state index contributed by atoms with van der Waals surface area (Å²) in [6.07, 6.45) is 5.71. The molecule has 2 aromatic heterocycles. The molecule has 2 heterocycles. The Labute approximate surface area is 181 Å². The smallest absolute Gasteiger partial charge is 0.332 e. The molecule has 2 rings (SSSR count). The zero-order valence-electron chi connectivity index (χ0n) is 18.7. The standard InChI is InChI=1S/C21H33N5O3S/c1-6-9-10-11-12-15-23-17-16(19(24-15)30-14(4)18(27)22-8-3)20(28)25(5)21(29)26(17)13-7-2/h14H,6-13H2,1-5H3,(H,22,27). The van der Waals surface area contributed by atoms with Crippen molar-refractivity contribution in [3.8, 4) is 0 Å². The van der Waals surface area contributed by atoms with Gasteiger partial charge in [-0.3, -0.25) is 18.7 Å². The van der Waals surface area contributed by atoms with Crippen LogP contribution in [-0.4, -0.2) is 36.8 Å². The summed E-state index contributed by atoms with van der Waals surface area (Å²) in [5, 5.41) is 3.15. The molecule has 166 valence electrons. The first kappa shape index (κ1) is 24.1. The van der Waals surface area contributed by atoms with Crippen LogP contribution in [0.15, 0.2) is 14.6 Å². The van der Waals surface area contributed by atoms with Gasteiger partial charge in [0.05, 0.1) is 5.25 Å². The first-order valence-electron chi connectivity index (χ1n) is 10.8. The Balaban J connectivity index is 2.63. The van der Waals surface area contributed by atoms with E-state index in [0.717, 1.165) is 36.7 Å². The number of unbranched alkanes of at least 4 members (excludes halogenated alkanes) is 3. The fraction of sp³-hybridized carbons (Fsp3) is 0.667. The third kappa shape index (κ3) is 5.50. The molecule has 30 heavy (non-hydrogen) atoms. The number of aromatic nitrogens is 4. The highest BCUT2D eigenvalue weighted by molar-refractivity contribution is 8.00. The Hall–Kier alpha value is -2.16. The van der Waals surface area contributed by atoms with Crippen molar-refractivity contribution in [2.75, 3.05) is 6.54 Å². The third-order valence-corrected chi connectivity index (χ3v) is 5.99. The molecular formula is C21H33N5O3S. The predicted molar refractivity (Wildman–Crippen MR) is 121 cm³/mol. The van der Waals surface area contributed by atoms with E-state index in [9.17, 15) is 14.4 Å². The average Bonchev–Trinajstić information content (AvgIpc) is 2.72. The quantitative estimate of drug-likeness (QED) is 0.331. The summed E-state index contributed by atoms with van der Waals surface area (Å²) in [7, 11) is 1.47. The van der Waals surface area contributed by atoms with E-state index in [2.05, 4.69) is 22.2 Å². The number of carbonyl (C=O) groups is 1. The minimum Gasteiger partial charge on any atom is -0.355 e. The summed E-state index contributed by atoms with van der Waals surface area (Å²) in [6.45, 7) is 8.78. The van der Waals surface area contributed by atoms with Gasteiger partial charge in [-0.2, -0.15) is 0 Å². The van der Waals surface area contributed by atoms with Crippen molar-refractivity contribution in [2.45, 2.75) is 83.0 Å². The topological polar surface area (TPSA) is 98.9 Å². The lowest BCUT2D eigenvalue weighted by molar-refractivity contribution is -0.120. The Morgan fingerprint density at radius 3 is 2.47 bits per heavy atom. The van der Waals surface area contributed by atoms with Crippen LogP contribution >= 0.6 is 11.8 Å². The third-order valence-electron chi connectivity index (χ3n) is 4.90. The highest BCUT2D eigenvalue weighted by atomic mass is 32.2. The van der Waals surface area contributed by atoms with Crippen LogP contribution in [0, 0.1) is 0 Å². The van der Waals surface area contributed by atoms with E-state index in [-0.39, 0.29) is 11.6 Å². The number of thioether (sulfide) groups is 1. The molecule has 0 bridgehead atoms. The van der Waals surface area contributed by atoms with Gasteiger partial charge in [0.15, 0.2) is 5.65 Å². The van der Waals surface area contributed by atoms with Gasteiger partial charge in [-0.05, 0) is 26.7 Å². The van der Waals surface area contributed by atoms with E-state index in [1.54, 1.807) is 11.5 Å². The summed E-state index contributed by atoms with van der Waals surface area (Å²) in [4.78, 5) is 47.3. The molecule has 2 aromatic rings. The van der Waals surface area contributed by atoms with Crippen molar-refractivity contribution in [1.82, 2.24) is 24.4 Å². The summed E-state index contributed by atoms with van der Waals surface area (Å²) in [6, 6.07) is 0. The van der Waals surface area contributed by atoms with E-state index < -0.39 is 10.8 Å². The fourth-order valence-corrected chi connectivity index (χ4v) is 4.23. The Kier molecular flexibility index (Phi) is 9.08. The normalized spacial score (nSPS) is 12.3. The minimum absolute atomic E-state index is 0.113. The highest BCUT2D eigenvalue weighted by Crippen LogP contribution is 2.27. The molecule has 9 heteroatoms. The van der Waals surface area contributed by atoms with Crippen molar-refractivity contribution in [3.63, 3.8) is 0 Å². The number of carbonyl (C=O) groups excluding carboxylic acids is 1. The number of aryl methyl sites for hydroxylation is 2. The molecule has 0 saturated carbocycles. The van der Waals surface area contributed by atoms with Crippen molar-refractivity contribution in [2.24, 2.45) is 7.05 Å². The van der Waals surface area contributed by atoms with Crippen molar-refractivity contribution >= 4 is 28.7 Å². The van der Waals surface area contributed by atoms with E-state index >= 15 is 0 Å². The maximum absolute atomic E-state index is 13.0. The second-order valence-corrected chi connectivity index (χ2v) is 8.74. The van der Waals surface area contributed by atoms with Crippen LogP contribution < -0.4 is 16.6 Å². The van der Waals surface area contributed by atoms with Gasteiger partial charge in [0, 0.05) is 26.6 Å². The molecule has 0 saturated heterocycles. The number of rotatable bonds is 11. The lowest BCUT2D eigenvalue weighted by atomic mass is 10.1. The Morgan fingerprint density at radius 2 is 1.83 bits per heavy atom. The Morgan fingerprint density at radius 1 is 1.10 bits per heavy atom. The molecule has 1 atom stereocenters. The number of hydrogen-bond acceptors (Lipinski definition) is 6. The van der Waals surface area contributed by atoms with Crippen LogP contribution in [0.3, 0.4) is 0 Å². The molecule has 0 aliphatic carbocycles. The summed E-state index contributed by atoms with van der Waals surface area (Å²) in [5.41, 5.74) is -0.431. The summed E-state index contributed by atoms with van der Waals surface area (Å²) < 4.78 is 2.65. The van der Waals surface area contributed by atoms with Crippen LogP contribution in [0.25, 0.3) is 11.0 Å². The monoisotopic (exact) mass is 435 g/mol. The van der Waals surface area contributed by atoms with E-state index in [1.165, 1.54) is 18.8 Å². The summed E-state index contributed by atoms with van der Waals surface area (Å²) in [5.74, 6) is 0.499. The number of fused-ring (bicyclic) bond motifs is 1. The van der Waals surface area contributed by atoms with Gasteiger partial charge < -0.3 is 5.32 Å². The molecule has 1 N–H and O–H groups in total. The highest BCUT2D eigenvalue weighted by Gasteiger charge is 2.22. The van der Waals surface area contributed by atoms with Gasteiger partial charge in [0.2, 0.25) is 5.91 Å². The maximum Gasteiger partial charge on any atom is 0.332 e. The number of amides is 1. The molecular weight excluding hydrogens is 402 g/mol. The van der Waals surface area contributed by atoms with Crippen molar-refractivity contribution in [1.29, 1.82) is 0 Å². The van der Waals surface area contributed by atoms with Crippen molar-refractivity contribution < 1.29 is 4.79 Å². The van der Waals surface area contributed by atoms with E-state index in [1.807, 2.05) is 13.8 Å². The van der Waals surface area contributed by atoms with Gasteiger partial charge in [0.1, 0.15) is 16.2 Å². The van der Waals surface area contributed by atoms with Gasteiger partial charge in [-0.15, -0.1) is 0 Å². The maximum atomic E-state index is 13.0. The van der Waals surface area contributed by atoms with Crippen LogP contribution in [0.4, 0.5) is 0 Å². The molecule has 8 nitrogen and oxygen atoms in total. The zero-order valence-corrected chi connectivity index (χ0v) is 19.5. The van der Waals surface area contributed by atoms with E-state index in [4.69, 9.17) is 0 Å². The van der Waals surface area contributed by atoms with Gasteiger partial charge in [-0.25, -0.2) is 14.8 Å². The molecule has 0 aromatic carbocycles. The fourth-order valence-electron chi connectivity index (χ4n) is 3.25. The second-order valence-electron chi connectivity index (χ2n) is 7.41. The van der Waals surface area contributed by atoms with Gasteiger partial charge in [-0.1, -0.05) is 44.9 Å². The number of nitrogens with one attached hydrogen (secondary N) is 1. The van der Waals surface area contributed by atoms with Gasteiger partial charge >= 0.3 is 5.69 Å². The molecule has 1 amide bonds. The molecule has 0 radical (unpaired) electrons. The molecule has 0 aliphatic heterocycles. The SMILES string of the molecule is CCCCCCc1nc(SC(C)C(=O)NCC)c2c(=O)n(C)c(=O)n(CCC)c2n1. The molecule has 1 unspecified atom stereocenters. The van der Waals surface area contributed by atoms with Crippen LogP contribution in [0.5, 0.6) is 0 Å². The van der Waals surface area contributed by atoms with E-state index in [0.29, 0.717) is 41.4 Å². The predicted octanol–water partition coefficient (Wildman–Crippen LogP) is 2.64. The van der Waals surface area contributed by atoms with Crippen LogP contribution in [0.2, 0.25) is 0 Å². The summed E-state index contributed by atoms with van der Waals surface area (Å²) >= 11 is 1.24. The van der Waals surface area contributed by atoms with Crippen LogP contribution in [-0.2, 0) is 24.8 Å². The second kappa shape index (κ2) is 11.3. The number of hydrogen-bond donors (Lipinski definition) is 1. The largest absolute Gasteiger partial charge is 0.355 e. The lowest BCUT2D eigenvalue weighted by Gasteiger charge is -2.16. The molecule has 0 aliphatic rings. The molecule has 0 spiro atoms. The first-order chi connectivity index (χ1) is 14.3. The molecule has 0 fully saturated rings. The van der Waals surface area contributed by atoms with Crippen molar-refractivity contribution in [3.05, 3.63) is 26.7 Å². The Bertz CT molecular complexity index is 999. The minimum atomic E-state index is -0.425. The van der Waals surface area contributed by atoms with Gasteiger partial charge in [0.25, 0.3) is 5.56 Å². The zero-order chi connectivity index (χ0) is 22.3. The number of nitrogens with zero attached hydrogens (tertiary/aromatic N) is 4. The first-order valence-corrected chi connectivity index (χ1v) is 11.7. The average molecular weight is 436 g/mol. The van der Waals surface area contributed by atoms with Crippen LogP contribution in [0.1, 0.15) is 65.6 Å². The lowest BCUT2D eigenvalue weighted by Crippen LogP contribution is -2.39.